The summed E-state index contributed by atoms with van der Waals surface area (Å²) in [7, 11) is 0. The zero-order valence-electron chi connectivity index (χ0n) is 15.5. The predicted octanol–water partition coefficient (Wildman–Crippen LogP) is 4.23. The van der Waals surface area contributed by atoms with Crippen molar-refractivity contribution in [2.75, 3.05) is 11.5 Å². The molecule has 3 rings (SSSR count). The van der Waals surface area contributed by atoms with Gasteiger partial charge in [-0.25, -0.2) is 27.8 Å². The Hall–Kier alpha value is -3.39. The number of benzene rings is 2. The van der Waals surface area contributed by atoms with Crippen LogP contribution in [-0.2, 0) is 6.42 Å². The number of pyridine rings is 1. The van der Waals surface area contributed by atoms with Gasteiger partial charge in [-0.1, -0.05) is 12.1 Å². The zero-order valence-corrected chi connectivity index (χ0v) is 15.5. The van der Waals surface area contributed by atoms with E-state index in [1.807, 2.05) is 0 Å². The summed E-state index contributed by atoms with van der Waals surface area (Å²) in [5.74, 6) is -2.51. The molecule has 0 spiro atoms. The standard InChI is InChI=1S/C21H18F3N3O2/c1-12-11-14(22)6-7-15(12)19-13(9-10-28)5-8-18(26-19)27(21(25)29)20-16(23)3-2-4-17(20)24/h2-8,11,28H,9-10H2,1H3,(H2,25,29). The number of nitrogens with two attached hydrogens (primary N) is 1. The highest BCUT2D eigenvalue weighted by Crippen LogP contribution is 2.33. The Morgan fingerprint density at radius 1 is 1.10 bits per heavy atom. The van der Waals surface area contributed by atoms with Crippen molar-refractivity contribution in [3.63, 3.8) is 0 Å². The number of anilines is 2. The van der Waals surface area contributed by atoms with E-state index in [9.17, 15) is 23.1 Å². The number of aryl methyl sites for hydroxylation is 1. The fourth-order valence-corrected chi connectivity index (χ4v) is 3.09. The molecule has 0 aliphatic rings. The molecule has 2 amide bonds. The lowest BCUT2D eigenvalue weighted by Crippen LogP contribution is -2.33. The number of urea groups is 1. The van der Waals surface area contributed by atoms with Gasteiger partial charge in [0.05, 0.1) is 5.69 Å². The summed E-state index contributed by atoms with van der Waals surface area (Å²) in [5.41, 5.74) is 6.83. The van der Waals surface area contributed by atoms with Crippen LogP contribution in [0.3, 0.4) is 0 Å². The zero-order chi connectivity index (χ0) is 21.1. The lowest BCUT2D eigenvalue weighted by Gasteiger charge is -2.22. The van der Waals surface area contributed by atoms with E-state index in [4.69, 9.17) is 5.73 Å². The van der Waals surface area contributed by atoms with Crippen LogP contribution in [0.25, 0.3) is 11.3 Å². The number of para-hydroxylation sites is 1. The van der Waals surface area contributed by atoms with Gasteiger partial charge in [0.15, 0.2) is 0 Å². The van der Waals surface area contributed by atoms with Gasteiger partial charge in [0.2, 0.25) is 0 Å². The summed E-state index contributed by atoms with van der Waals surface area (Å²) < 4.78 is 42.1. The maximum Gasteiger partial charge on any atom is 0.325 e. The Bertz CT molecular complexity index is 1050. The van der Waals surface area contributed by atoms with Crippen LogP contribution in [0.4, 0.5) is 29.5 Å². The maximum atomic E-state index is 14.3. The number of aliphatic hydroxyl groups is 1. The second-order valence-electron chi connectivity index (χ2n) is 6.35. The van der Waals surface area contributed by atoms with E-state index >= 15 is 0 Å². The molecular formula is C21H18F3N3O2. The average Bonchev–Trinajstić information content (AvgIpc) is 2.65. The number of rotatable bonds is 5. The fraction of sp³-hybridized carbons (Fsp3) is 0.143. The van der Waals surface area contributed by atoms with E-state index in [0.717, 1.165) is 12.1 Å². The van der Waals surface area contributed by atoms with Crippen LogP contribution in [0, 0.1) is 24.4 Å². The van der Waals surface area contributed by atoms with E-state index in [1.165, 1.54) is 30.3 Å². The molecule has 0 saturated carbocycles. The Morgan fingerprint density at radius 3 is 2.38 bits per heavy atom. The van der Waals surface area contributed by atoms with Gasteiger partial charge in [0.1, 0.15) is 29.0 Å². The second kappa shape index (κ2) is 8.32. The quantitative estimate of drug-likeness (QED) is 0.672. The number of carbonyl (C=O) groups is 1. The summed E-state index contributed by atoms with van der Waals surface area (Å²) in [4.78, 5) is 17.1. The van der Waals surface area contributed by atoms with Crippen LogP contribution in [0.15, 0.2) is 48.5 Å². The van der Waals surface area contributed by atoms with Crippen LogP contribution < -0.4 is 10.6 Å². The van der Waals surface area contributed by atoms with Crippen molar-refractivity contribution < 1.29 is 23.1 Å². The van der Waals surface area contributed by atoms with Crippen LogP contribution in [0.1, 0.15) is 11.1 Å². The van der Waals surface area contributed by atoms with Gasteiger partial charge >= 0.3 is 6.03 Å². The summed E-state index contributed by atoms with van der Waals surface area (Å²) in [6.45, 7) is 1.51. The van der Waals surface area contributed by atoms with E-state index in [2.05, 4.69) is 4.98 Å². The second-order valence-corrected chi connectivity index (χ2v) is 6.35. The first-order valence-electron chi connectivity index (χ1n) is 8.74. The van der Waals surface area contributed by atoms with E-state index in [0.29, 0.717) is 27.3 Å². The monoisotopic (exact) mass is 401 g/mol. The van der Waals surface area contributed by atoms with Crippen molar-refractivity contribution in [3.8, 4) is 11.3 Å². The third kappa shape index (κ3) is 4.07. The van der Waals surface area contributed by atoms with Gasteiger partial charge in [0, 0.05) is 12.2 Å². The predicted molar refractivity (Wildman–Crippen MR) is 103 cm³/mol. The highest BCUT2D eigenvalue weighted by atomic mass is 19.1. The molecule has 1 heterocycles. The highest BCUT2D eigenvalue weighted by Gasteiger charge is 2.25. The summed E-state index contributed by atoms with van der Waals surface area (Å²) in [6, 6.07) is 9.07. The fourth-order valence-electron chi connectivity index (χ4n) is 3.09. The molecule has 0 aliphatic carbocycles. The van der Waals surface area contributed by atoms with Crippen molar-refractivity contribution in [1.29, 1.82) is 0 Å². The summed E-state index contributed by atoms with van der Waals surface area (Å²) in [6.07, 6.45) is 0.240. The first-order valence-corrected chi connectivity index (χ1v) is 8.74. The number of primary amides is 1. The molecule has 1 aromatic heterocycles. The third-order valence-electron chi connectivity index (χ3n) is 4.40. The molecule has 0 atom stereocenters. The van der Waals surface area contributed by atoms with Crippen molar-refractivity contribution in [2.45, 2.75) is 13.3 Å². The molecule has 29 heavy (non-hydrogen) atoms. The largest absolute Gasteiger partial charge is 0.396 e. The number of hydrogen-bond acceptors (Lipinski definition) is 3. The lowest BCUT2D eigenvalue weighted by molar-refractivity contribution is 0.255. The maximum absolute atomic E-state index is 14.3. The SMILES string of the molecule is Cc1cc(F)ccc1-c1nc(N(C(N)=O)c2c(F)cccc2F)ccc1CCO. The molecule has 0 bridgehead atoms. The highest BCUT2D eigenvalue weighted by molar-refractivity contribution is 5.98. The molecule has 0 fully saturated rings. The van der Waals surface area contributed by atoms with Gasteiger partial charge in [0.25, 0.3) is 0 Å². The summed E-state index contributed by atoms with van der Waals surface area (Å²) >= 11 is 0. The summed E-state index contributed by atoms with van der Waals surface area (Å²) in [5, 5.41) is 9.35. The number of amides is 2. The van der Waals surface area contributed by atoms with Crippen LogP contribution in [-0.4, -0.2) is 22.7 Å². The molecular weight excluding hydrogens is 383 g/mol. The minimum absolute atomic E-state index is 0.109. The van der Waals surface area contributed by atoms with Gasteiger partial charge in [-0.05, 0) is 60.9 Å². The van der Waals surface area contributed by atoms with Crippen LogP contribution >= 0.6 is 0 Å². The van der Waals surface area contributed by atoms with Crippen molar-refractivity contribution >= 4 is 17.5 Å². The minimum Gasteiger partial charge on any atom is -0.396 e. The van der Waals surface area contributed by atoms with Crippen molar-refractivity contribution in [1.82, 2.24) is 4.98 Å². The van der Waals surface area contributed by atoms with Gasteiger partial charge in [-0.15, -0.1) is 0 Å². The first kappa shape index (κ1) is 20.3. The Morgan fingerprint density at radius 2 is 1.79 bits per heavy atom. The number of carbonyl (C=O) groups excluding carboxylic acids is 1. The lowest BCUT2D eigenvalue weighted by atomic mass is 9.99. The molecule has 3 N–H and O–H groups in total. The van der Waals surface area contributed by atoms with Crippen LogP contribution in [0.5, 0.6) is 0 Å². The number of hydrogen-bond donors (Lipinski definition) is 2. The van der Waals surface area contributed by atoms with Gasteiger partial charge < -0.3 is 10.8 Å². The number of aromatic nitrogens is 1. The van der Waals surface area contributed by atoms with Crippen LogP contribution in [0.2, 0.25) is 0 Å². The smallest absolute Gasteiger partial charge is 0.325 e. The molecule has 0 unspecified atom stereocenters. The Balaban J connectivity index is 2.23. The molecule has 5 nitrogen and oxygen atoms in total. The normalized spacial score (nSPS) is 10.8. The number of halogens is 3. The minimum atomic E-state index is -1.13. The van der Waals surface area contributed by atoms with E-state index < -0.39 is 29.2 Å². The number of aliphatic hydroxyl groups excluding tert-OH is 1. The Kier molecular flexibility index (Phi) is 5.84. The Labute approximate surface area is 165 Å². The third-order valence-corrected chi connectivity index (χ3v) is 4.40. The molecule has 2 aromatic carbocycles. The average molecular weight is 401 g/mol. The van der Waals surface area contributed by atoms with Crippen molar-refractivity contribution in [2.24, 2.45) is 5.73 Å². The van der Waals surface area contributed by atoms with E-state index in [1.54, 1.807) is 13.0 Å². The van der Waals surface area contributed by atoms with Crippen molar-refractivity contribution in [3.05, 3.63) is 77.1 Å². The van der Waals surface area contributed by atoms with E-state index in [-0.39, 0.29) is 18.8 Å². The first-order chi connectivity index (χ1) is 13.8. The van der Waals surface area contributed by atoms with Gasteiger partial charge in [-0.2, -0.15) is 0 Å². The molecule has 8 heteroatoms. The molecule has 150 valence electrons. The number of nitrogens with zero attached hydrogens (tertiary/aromatic N) is 2. The molecule has 0 aliphatic heterocycles. The van der Waals surface area contributed by atoms with Gasteiger partial charge in [-0.3, -0.25) is 0 Å². The molecule has 0 saturated heterocycles. The topological polar surface area (TPSA) is 79.5 Å². The molecule has 3 aromatic rings. The molecule has 0 radical (unpaired) electrons.